The maximum absolute atomic E-state index is 13.3. The van der Waals surface area contributed by atoms with Crippen LogP contribution in [0.15, 0.2) is 9.70 Å². The fourth-order valence-electron chi connectivity index (χ4n) is 4.66. The van der Waals surface area contributed by atoms with Gasteiger partial charge >= 0.3 is 5.97 Å². The van der Waals surface area contributed by atoms with E-state index >= 15 is 0 Å². The molecule has 0 radical (unpaired) electrons. The van der Waals surface area contributed by atoms with Gasteiger partial charge in [0.15, 0.2) is 0 Å². The highest BCUT2D eigenvalue weighted by Crippen LogP contribution is 2.37. The number of rotatable bonds is 8. The number of aromatic nitrogens is 1. The van der Waals surface area contributed by atoms with Crippen molar-refractivity contribution in [3.63, 3.8) is 0 Å². The SMILES string of the molecule is CCCn1c(N2CCC(C(=O)OCC)CC2)c(/C=C2/SC(=S)N(CC(C)C)C2=O)c(C)c(C#N)c1=O. The van der Waals surface area contributed by atoms with E-state index in [2.05, 4.69) is 11.0 Å². The Labute approximate surface area is 222 Å². The van der Waals surface area contributed by atoms with Crippen molar-refractivity contribution in [2.45, 2.75) is 60.4 Å². The van der Waals surface area contributed by atoms with Gasteiger partial charge in [-0.3, -0.25) is 23.9 Å². The lowest BCUT2D eigenvalue weighted by Crippen LogP contribution is -2.41. The van der Waals surface area contributed by atoms with Gasteiger partial charge in [-0.2, -0.15) is 5.26 Å². The van der Waals surface area contributed by atoms with Crippen LogP contribution in [0.5, 0.6) is 0 Å². The molecule has 0 unspecified atom stereocenters. The van der Waals surface area contributed by atoms with E-state index in [1.54, 1.807) is 29.4 Å². The molecule has 194 valence electrons. The van der Waals surface area contributed by atoms with Crippen molar-refractivity contribution in [1.29, 1.82) is 5.26 Å². The third-order valence-corrected chi connectivity index (χ3v) is 7.78. The van der Waals surface area contributed by atoms with Crippen LogP contribution in [0.2, 0.25) is 0 Å². The van der Waals surface area contributed by atoms with Gasteiger partial charge in [-0.25, -0.2) is 0 Å². The second-order valence-corrected chi connectivity index (χ2v) is 11.2. The molecule has 0 atom stereocenters. The van der Waals surface area contributed by atoms with Gasteiger partial charge in [0.1, 0.15) is 21.8 Å². The van der Waals surface area contributed by atoms with E-state index < -0.39 is 0 Å². The maximum atomic E-state index is 13.3. The van der Waals surface area contributed by atoms with Crippen molar-refractivity contribution in [1.82, 2.24) is 9.47 Å². The zero-order chi connectivity index (χ0) is 26.6. The first-order valence-electron chi connectivity index (χ1n) is 12.5. The van der Waals surface area contributed by atoms with E-state index in [0.29, 0.717) is 78.2 Å². The molecule has 2 saturated heterocycles. The molecule has 8 nitrogen and oxygen atoms in total. The van der Waals surface area contributed by atoms with Gasteiger partial charge in [-0.05, 0) is 50.7 Å². The molecular formula is C26H34N4O4S2. The molecule has 2 fully saturated rings. The molecule has 1 amide bonds. The standard InChI is InChI=1S/C26H34N4O4S2/c1-6-10-29-22(28-11-8-18(9-12-28)25(33)34-7-2)19(17(5)20(14-27)23(29)31)13-21-24(32)30(15-16(3)4)26(35)36-21/h13,16,18H,6-12,15H2,1-5H3/b21-13+. The fraction of sp³-hybridized carbons (Fsp3) is 0.577. The van der Waals surface area contributed by atoms with E-state index in [9.17, 15) is 19.6 Å². The van der Waals surface area contributed by atoms with Crippen molar-refractivity contribution >= 4 is 52.1 Å². The second-order valence-electron chi connectivity index (χ2n) is 9.51. The van der Waals surface area contributed by atoms with Gasteiger partial charge in [0.25, 0.3) is 11.5 Å². The molecule has 0 aromatic carbocycles. The molecule has 3 rings (SSSR count). The predicted molar refractivity (Wildman–Crippen MR) is 147 cm³/mol. The zero-order valence-corrected chi connectivity index (χ0v) is 23.3. The summed E-state index contributed by atoms with van der Waals surface area (Å²) >= 11 is 6.73. The Morgan fingerprint density at radius 2 is 1.94 bits per heavy atom. The number of piperidine rings is 1. The Morgan fingerprint density at radius 3 is 2.50 bits per heavy atom. The van der Waals surface area contributed by atoms with Crippen LogP contribution in [0, 0.1) is 30.1 Å². The van der Waals surface area contributed by atoms with Crippen LogP contribution in [0.4, 0.5) is 5.82 Å². The number of amides is 1. The topological polar surface area (TPSA) is 95.6 Å². The highest BCUT2D eigenvalue weighted by atomic mass is 32.2. The molecule has 0 saturated carbocycles. The first-order chi connectivity index (χ1) is 17.1. The molecule has 36 heavy (non-hydrogen) atoms. The number of pyridine rings is 1. The minimum Gasteiger partial charge on any atom is -0.466 e. The molecule has 0 bridgehead atoms. The third kappa shape index (κ3) is 5.68. The second kappa shape index (κ2) is 12.1. The average Bonchev–Trinajstić information content (AvgIpc) is 3.10. The van der Waals surface area contributed by atoms with E-state index in [4.69, 9.17) is 17.0 Å². The Hall–Kier alpha value is -2.64. The summed E-state index contributed by atoms with van der Waals surface area (Å²) < 4.78 is 7.37. The molecule has 1 aromatic heterocycles. The monoisotopic (exact) mass is 530 g/mol. The van der Waals surface area contributed by atoms with Crippen LogP contribution in [0.25, 0.3) is 6.08 Å². The Morgan fingerprint density at radius 1 is 1.28 bits per heavy atom. The third-order valence-electron chi connectivity index (χ3n) is 6.40. The largest absolute Gasteiger partial charge is 0.466 e. The smallest absolute Gasteiger partial charge is 0.309 e. The van der Waals surface area contributed by atoms with Crippen molar-refractivity contribution in [3.8, 4) is 6.07 Å². The molecule has 2 aliphatic heterocycles. The highest BCUT2D eigenvalue weighted by molar-refractivity contribution is 8.26. The number of hydrogen-bond acceptors (Lipinski definition) is 8. The van der Waals surface area contributed by atoms with Gasteiger partial charge in [-0.1, -0.05) is 44.8 Å². The number of nitriles is 1. The van der Waals surface area contributed by atoms with E-state index in [1.807, 2.05) is 20.8 Å². The van der Waals surface area contributed by atoms with E-state index in [-0.39, 0.29) is 34.8 Å². The fourth-order valence-corrected chi connectivity index (χ4v) is 5.91. The van der Waals surface area contributed by atoms with Crippen molar-refractivity contribution in [3.05, 3.63) is 31.9 Å². The number of anilines is 1. The highest BCUT2D eigenvalue weighted by Gasteiger charge is 2.34. The molecule has 1 aromatic rings. The average molecular weight is 531 g/mol. The predicted octanol–water partition coefficient (Wildman–Crippen LogP) is 4.08. The van der Waals surface area contributed by atoms with Crippen LogP contribution in [0.3, 0.4) is 0 Å². The van der Waals surface area contributed by atoms with E-state index in [0.717, 1.165) is 0 Å². The number of hydrogen-bond donors (Lipinski definition) is 0. The summed E-state index contributed by atoms with van der Waals surface area (Å²) in [4.78, 5) is 43.0. The molecule has 3 heterocycles. The van der Waals surface area contributed by atoms with Gasteiger partial charge in [0.05, 0.1) is 17.4 Å². The van der Waals surface area contributed by atoms with Crippen LogP contribution in [-0.4, -0.2) is 51.9 Å². The molecule has 0 aliphatic carbocycles. The van der Waals surface area contributed by atoms with Crippen LogP contribution < -0.4 is 10.5 Å². The Bertz CT molecular complexity index is 1170. The van der Waals surface area contributed by atoms with Gasteiger partial charge in [0.2, 0.25) is 0 Å². The first-order valence-corrected chi connectivity index (χ1v) is 13.7. The van der Waals surface area contributed by atoms with Crippen LogP contribution in [0.1, 0.15) is 63.6 Å². The van der Waals surface area contributed by atoms with Gasteiger partial charge < -0.3 is 9.64 Å². The van der Waals surface area contributed by atoms with Gasteiger partial charge in [-0.15, -0.1) is 0 Å². The number of carbonyl (C=O) groups is 2. The lowest BCUT2D eigenvalue weighted by Gasteiger charge is -2.35. The van der Waals surface area contributed by atoms with Gasteiger partial charge in [0, 0.05) is 31.7 Å². The molecule has 10 heteroatoms. The number of thiocarbonyl (C=S) groups is 1. The lowest BCUT2D eigenvalue weighted by molar-refractivity contribution is -0.148. The van der Waals surface area contributed by atoms with E-state index in [1.165, 1.54) is 11.8 Å². The normalized spacial score (nSPS) is 17.9. The summed E-state index contributed by atoms with van der Waals surface area (Å²) in [5.41, 5.74) is 0.979. The van der Waals surface area contributed by atoms with Crippen molar-refractivity contribution in [2.24, 2.45) is 11.8 Å². The summed E-state index contributed by atoms with van der Waals surface area (Å²) in [6.07, 6.45) is 3.70. The zero-order valence-electron chi connectivity index (χ0n) is 21.6. The van der Waals surface area contributed by atoms with Crippen LogP contribution in [-0.2, 0) is 20.9 Å². The van der Waals surface area contributed by atoms with Crippen LogP contribution >= 0.6 is 24.0 Å². The first kappa shape index (κ1) is 27.9. The Kier molecular flexibility index (Phi) is 9.36. The summed E-state index contributed by atoms with van der Waals surface area (Å²) in [7, 11) is 0. The van der Waals surface area contributed by atoms with Crippen molar-refractivity contribution in [2.75, 3.05) is 31.1 Å². The number of nitrogens with zero attached hydrogens (tertiary/aromatic N) is 4. The Balaban J connectivity index is 2.11. The minimum absolute atomic E-state index is 0.0810. The lowest BCUT2D eigenvalue weighted by atomic mass is 9.95. The number of thioether (sulfide) groups is 1. The summed E-state index contributed by atoms with van der Waals surface area (Å²) in [5.74, 6) is 0.434. The summed E-state index contributed by atoms with van der Waals surface area (Å²) in [5, 5.41) is 9.81. The molecule has 0 spiro atoms. The molecule has 2 aliphatic rings. The number of carbonyl (C=O) groups excluding carboxylic acids is 2. The number of ether oxygens (including phenoxy) is 1. The minimum atomic E-state index is -0.330. The maximum Gasteiger partial charge on any atom is 0.309 e. The quantitative estimate of drug-likeness (QED) is 0.282. The summed E-state index contributed by atoms with van der Waals surface area (Å²) in [6.45, 7) is 12.0. The number of esters is 1. The molecule has 0 N–H and O–H groups in total. The van der Waals surface area contributed by atoms with Crippen molar-refractivity contribution < 1.29 is 14.3 Å². The summed E-state index contributed by atoms with van der Waals surface area (Å²) in [6, 6.07) is 2.08. The molecular weight excluding hydrogens is 496 g/mol.